The number of rotatable bonds is 3. The fourth-order valence-corrected chi connectivity index (χ4v) is 2.62. The van der Waals surface area contributed by atoms with Crippen LogP contribution in [0, 0.1) is 0 Å². The van der Waals surface area contributed by atoms with E-state index in [9.17, 15) is 13.2 Å². The van der Waals surface area contributed by atoms with Crippen molar-refractivity contribution in [2.45, 2.75) is 12.2 Å². The Hall–Kier alpha value is -0.660. The SMILES string of the molecule is CC(C(=O)N1CCNCC1)S(=O)(=O)N(C)C. The monoisotopic (exact) mass is 249 g/mol. The molecule has 16 heavy (non-hydrogen) atoms. The molecule has 0 bridgehead atoms. The number of carbonyl (C=O) groups is 1. The number of hydrogen-bond donors (Lipinski definition) is 1. The van der Waals surface area contributed by atoms with Gasteiger partial charge in [0.1, 0.15) is 0 Å². The largest absolute Gasteiger partial charge is 0.339 e. The van der Waals surface area contributed by atoms with Crippen LogP contribution in [0.25, 0.3) is 0 Å². The average Bonchev–Trinajstić information content (AvgIpc) is 2.28. The van der Waals surface area contributed by atoms with Crippen molar-refractivity contribution < 1.29 is 13.2 Å². The smallest absolute Gasteiger partial charge is 0.242 e. The van der Waals surface area contributed by atoms with Crippen molar-refractivity contribution >= 4 is 15.9 Å². The first-order chi connectivity index (χ1) is 7.37. The summed E-state index contributed by atoms with van der Waals surface area (Å²) in [5.74, 6) is -0.310. The summed E-state index contributed by atoms with van der Waals surface area (Å²) in [5, 5.41) is 2.12. The second-order valence-corrected chi connectivity index (χ2v) is 6.51. The van der Waals surface area contributed by atoms with Gasteiger partial charge in [-0.1, -0.05) is 0 Å². The van der Waals surface area contributed by atoms with Crippen LogP contribution in [0.1, 0.15) is 6.92 Å². The lowest BCUT2D eigenvalue weighted by molar-refractivity contribution is -0.131. The highest BCUT2D eigenvalue weighted by molar-refractivity contribution is 7.90. The van der Waals surface area contributed by atoms with Crippen LogP contribution in [0.15, 0.2) is 0 Å². The summed E-state index contributed by atoms with van der Waals surface area (Å²) in [6.07, 6.45) is 0. The van der Waals surface area contributed by atoms with Gasteiger partial charge in [0.15, 0.2) is 5.25 Å². The Morgan fingerprint density at radius 3 is 2.25 bits per heavy atom. The van der Waals surface area contributed by atoms with Crippen molar-refractivity contribution in [1.29, 1.82) is 0 Å². The molecule has 1 rings (SSSR count). The van der Waals surface area contributed by atoms with Crippen LogP contribution in [-0.2, 0) is 14.8 Å². The maximum atomic E-state index is 11.9. The van der Waals surface area contributed by atoms with E-state index in [4.69, 9.17) is 0 Å². The quantitative estimate of drug-likeness (QED) is 0.675. The molecule has 0 aromatic rings. The van der Waals surface area contributed by atoms with E-state index in [1.807, 2.05) is 0 Å². The molecule has 6 nitrogen and oxygen atoms in total. The predicted octanol–water partition coefficient (Wildman–Crippen LogP) is -1.30. The van der Waals surface area contributed by atoms with Crippen LogP contribution in [-0.4, -0.2) is 69.1 Å². The zero-order valence-electron chi connectivity index (χ0n) is 9.93. The van der Waals surface area contributed by atoms with Gasteiger partial charge in [0.25, 0.3) is 0 Å². The van der Waals surface area contributed by atoms with Gasteiger partial charge in [-0.2, -0.15) is 0 Å². The highest BCUT2D eigenvalue weighted by Crippen LogP contribution is 2.09. The van der Waals surface area contributed by atoms with Crippen LogP contribution < -0.4 is 5.32 Å². The molecule has 1 N–H and O–H groups in total. The molecule has 0 spiro atoms. The Morgan fingerprint density at radius 2 is 1.81 bits per heavy atom. The third-order valence-corrected chi connectivity index (χ3v) is 4.85. The van der Waals surface area contributed by atoms with E-state index in [-0.39, 0.29) is 5.91 Å². The Bertz CT molecular complexity index is 347. The summed E-state index contributed by atoms with van der Waals surface area (Å²) < 4.78 is 24.6. The molecule has 0 aromatic carbocycles. The lowest BCUT2D eigenvalue weighted by Gasteiger charge is -2.30. The van der Waals surface area contributed by atoms with Crippen molar-refractivity contribution in [1.82, 2.24) is 14.5 Å². The molecule has 1 aliphatic heterocycles. The van der Waals surface area contributed by atoms with E-state index in [0.29, 0.717) is 13.1 Å². The molecule has 0 aromatic heterocycles. The van der Waals surface area contributed by atoms with Gasteiger partial charge < -0.3 is 10.2 Å². The molecule has 0 saturated carbocycles. The second-order valence-electron chi connectivity index (χ2n) is 4.04. The molecule has 1 amide bonds. The molecule has 1 aliphatic rings. The van der Waals surface area contributed by atoms with Crippen LogP contribution in [0.2, 0.25) is 0 Å². The summed E-state index contributed by atoms with van der Waals surface area (Å²) in [5.41, 5.74) is 0. The predicted molar refractivity (Wildman–Crippen MR) is 61.5 cm³/mol. The van der Waals surface area contributed by atoms with Crippen molar-refractivity contribution in [3.63, 3.8) is 0 Å². The molecule has 1 saturated heterocycles. The highest BCUT2D eigenvalue weighted by Gasteiger charge is 2.33. The molecule has 1 atom stereocenters. The normalized spacial score (nSPS) is 19.9. The van der Waals surface area contributed by atoms with Gasteiger partial charge >= 0.3 is 0 Å². The van der Waals surface area contributed by atoms with Crippen molar-refractivity contribution in [2.24, 2.45) is 0 Å². The summed E-state index contributed by atoms with van der Waals surface area (Å²) in [6.45, 7) is 4.04. The third kappa shape index (κ3) is 2.72. The number of nitrogens with one attached hydrogen (secondary N) is 1. The number of carbonyl (C=O) groups excluding carboxylic acids is 1. The Morgan fingerprint density at radius 1 is 1.31 bits per heavy atom. The van der Waals surface area contributed by atoms with E-state index < -0.39 is 15.3 Å². The van der Waals surface area contributed by atoms with E-state index in [1.54, 1.807) is 4.90 Å². The van der Waals surface area contributed by atoms with Crippen LogP contribution >= 0.6 is 0 Å². The Balaban J connectivity index is 2.73. The van der Waals surface area contributed by atoms with Gasteiger partial charge in [-0.05, 0) is 6.92 Å². The number of hydrogen-bond acceptors (Lipinski definition) is 4. The molecular formula is C9H19N3O3S. The number of piperazine rings is 1. The number of nitrogens with zero attached hydrogens (tertiary/aromatic N) is 2. The van der Waals surface area contributed by atoms with Gasteiger partial charge in [-0.15, -0.1) is 0 Å². The standard InChI is InChI=1S/C9H19N3O3S/c1-8(16(14,15)11(2)3)9(13)12-6-4-10-5-7-12/h8,10H,4-7H2,1-3H3. The van der Waals surface area contributed by atoms with Gasteiger partial charge in [0, 0.05) is 40.3 Å². The van der Waals surface area contributed by atoms with Crippen LogP contribution in [0.3, 0.4) is 0 Å². The molecule has 94 valence electrons. The minimum atomic E-state index is -3.50. The van der Waals surface area contributed by atoms with Gasteiger partial charge in [0.2, 0.25) is 15.9 Å². The first kappa shape index (κ1) is 13.4. The highest BCUT2D eigenvalue weighted by atomic mass is 32.2. The summed E-state index contributed by atoms with van der Waals surface area (Å²) in [6, 6.07) is 0. The number of amides is 1. The molecule has 0 radical (unpaired) electrons. The maximum absolute atomic E-state index is 11.9. The first-order valence-corrected chi connectivity index (χ1v) is 6.78. The minimum Gasteiger partial charge on any atom is -0.339 e. The molecule has 1 heterocycles. The summed E-state index contributed by atoms with van der Waals surface area (Å²) in [7, 11) is -0.621. The van der Waals surface area contributed by atoms with Crippen molar-refractivity contribution in [3.05, 3.63) is 0 Å². The Labute approximate surface area is 96.6 Å². The molecule has 0 aliphatic carbocycles. The van der Waals surface area contributed by atoms with Gasteiger partial charge in [-0.25, -0.2) is 12.7 Å². The van der Waals surface area contributed by atoms with Crippen molar-refractivity contribution in [2.75, 3.05) is 40.3 Å². The zero-order chi connectivity index (χ0) is 12.3. The lowest BCUT2D eigenvalue weighted by Crippen LogP contribution is -2.52. The van der Waals surface area contributed by atoms with E-state index in [1.165, 1.54) is 21.0 Å². The molecule has 1 fully saturated rings. The molecule has 7 heteroatoms. The van der Waals surface area contributed by atoms with E-state index in [0.717, 1.165) is 17.4 Å². The van der Waals surface area contributed by atoms with Gasteiger partial charge in [-0.3, -0.25) is 4.79 Å². The minimum absolute atomic E-state index is 0.310. The van der Waals surface area contributed by atoms with Gasteiger partial charge in [0.05, 0.1) is 0 Å². The van der Waals surface area contributed by atoms with E-state index >= 15 is 0 Å². The average molecular weight is 249 g/mol. The lowest BCUT2D eigenvalue weighted by atomic mass is 10.3. The fourth-order valence-electron chi connectivity index (χ4n) is 1.59. The zero-order valence-corrected chi connectivity index (χ0v) is 10.7. The molecular weight excluding hydrogens is 230 g/mol. The first-order valence-electron chi connectivity index (χ1n) is 5.28. The maximum Gasteiger partial charge on any atom is 0.242 e. The van der Waals surface area contributed by atoms with Crippen LogP contribution in [0.5, 0.6) is 0 Å². The second kappa shape index (κ2) is 5.11. The number of sulfonamides is 1. The van der Waals surface area contributed by atoms with Crippen LogP contribution in [0.4, 0.5) is 0 Å². The topological polar surface area (TPSA) is 69.7 Å². The summed E-state index contributed by atoms with van der Waals surface area (Å²) >= 11 is 0. The fraction of sp³-hybridized carbons (Fsp3) is 0.889. The third-order valence-electron chi connectivity index (χ3n) is 2.73. The molecule has 1 unspecified atom stereocenters. The van der Waals surface area contributed by atoms with Crippen molar-refractivity contribution in [3.8, 4) is 0 Å². The Kier molecular flexibility index (Phi) is 4.28. The van der Waals surface area contributed by atoms with E-state index in [2.05, 4.69) is 5.32 Å². The summed E-state index contributed by atoms with van der Waals surface area (Å²) in [4.78, 5) is 13.5.